The molecule has 0 aliphatic heterocycles. The van der Waals surface area contributed by atoms with Crippen molar-refractivity contribution >= 4 is 28.5 Å². The zero-order valence-electron chi connectivity index (χ0n) is 16.8. The second-order valence-corrected chi connectivity index (χ2v) is 7.09. The van der Waals surface area contributed by atoms with Crippen molar-refractivity contribution < 1.29 is 14.7 Å². The van der Waals surface area contributed by atoms with Gasteiger partial charge in [0, 0.05) is 53.5 Å². The maximum atomic E-state index is 11.1. The van der Waals surface area contributed by atoms with Crippen LogP contribution in [0, 0.1) is 20.2 Å². The molecule has 1 heterocycles. The first-order valence-corrected chi connectivity index (χ1v) is 9.71. The van der Waals surface area contributed by atoms with Gasteiger partial charge in [-0.3, -0.25) is 20.2 Å². The van der Waals surface area contributed by atoms with Gasteiger partial charge in [-0.05, 0) is 17.2 Å². The number of non-ortho nitro benzene ring substituents is 2. The Hall–Kier alpha value is -4.53. The first kappa shape index (κ1) is 20.7. The topological polar surface area (TPSA) is 113 Å². The van der Waals surface area contributed by atoms with Gasteiger partial charge in [-0.2, -0.15) is 0 Å². The van der Waals surface area contributed by atoms with Crippen LogP contribution in [0.4, 0.5) is 11.4 Å². The zero-order chi connectivity index (χ0) is 22.5. The van der Waals surface area contributed by atoms with Crippen LogP contribution in [0.5, 0.6) is 0 Å². The molecule has 0 saturated carbocycles. The molecule has 0 saturated heterocycles. The van der Waals surface area contributed by atoms with Crippen molar-refractivity contribution in [1.82, 2.24) is 4.57 Å². The third-order valence-electron chi connectivity index (χ3n) is 4.91. The molecule has 0 amide bonds. The normalized spacial score (nSPS) is 11.1. The monoisotopic (exact) mass is 430 g/mol. The van der Waals surface area contributed by atoms with Gasteiger partial charge in [-0.25, -0.2) is 0 Å². The summed E-state index contributed by atoms with van der Waals surface area (Å²) in [5.41, 5.74) is 3.29. The molecule has 0 aliphatic carbocycles. The van der Waals surface area contributed by atoms with Crippen LogP contribution < -0.4 is 0 Å². The Morgan fingerprint density at radius 3 is 2.25 bits per heavy atom. The lowest BCUT2D eigenvalue weighted by molar-refractivity contribution is -0.385. The fourth-order valence-electron chi connectivity index (χ4n) is 3.44. The lowest BCUT2D eigenvalue weighted by Crippen LogP contribution is -1.99. The van der Waals surface area contributed by atoms with E-state index in [1.807, 2.05) is 41.1 Å². The summed E-state index contributed by atoms with van der Waals surface area (Å²) in [6.07, 6.45) is 3.49. The molecule has 0 atom stereocenters. The average molecular weight is 430 g/mol. The summed E-state index contributed by atoms with van der Waals surface area (Å²) < 4.78 is 2.00. The van der Waals surface area contributed by atoms with Crippen molar-refractivity contribution in [2.24, 2.45) is 5.16 Å². The Labute approximate surface area is 182 Å². The standard InChI is InChI=1S/C23H18N4O5/c28-26(29)20-7-3-5-17(11-20)14-25-15-19(22-9-1-2-10-23(22)25)13-24-32-16-18-6-4-8-21(12-18)27(30)31/h1-13,15H,14,16H2/b24-13-. The van der Waals surface area contributed by atoms with E-state index in [0.717, 1.165) is 22.0 Å². The van der Waals surface area contributed by atoms with Crippen molar-refractivity contribution in [1.29, 1.82) is 0 Å². The Kier molecular flexibility index (Phi) is 5.89. The molecule has 0 bridgehead atoms. The van der Waals surface area contributed by atoms with Crippen LogP contribution in [0.2, 0.25) is 0 Å². The smallest absolute Gasteiger partial charge is 0.269 e. The van der Waals surface area contributed by atoms with Gasteiger partial charge in [0.2, 0.25) is 0 Å². The lowest BCUT2D eigenvalue weighted by atomic mass is 10.2. The highest BCUT2D eigenvalue weighted by Crippen LogP contribution is 2.23. The van der Waals surface area contributed by atoms with Gasteiger partial charge in [0.1, 0.15) is 6.61 Å². The second kappa shape index (κ2) is 9.09. The van der Waals surface area contributed by atoms with Gasteiger partial charge in [0.25, 0.3) is 11.4 Å². The van der Waals surface area contributed by atoms with E-state index in [2.05, 4.69) is 5.16 Å². The summed E-state index contributed by atoms with van der Waals surface area (Å²) in [5.74, 6) is 0. The molecule has 0 fully saturated rings. The Balaban J connectivity index is 1.52. The first-order chi connectivity index (χ1) is 15.5. The number of nitro groups is 2. The molecule has 160 valence electrons. The third-order valence-corrected chi connectivity index (χ3v) is 4.91. The fraction of sp³-hybridized carbons (Fsp3) is 0.0870. The number of hydrogen-bond donors (Lipinski definition) is 0. The minimum absolute atomic E-state index is 0.000649. The highest BCUT2D eigenvalue weighted by atomic mass is 16.6. The molecule has 0 spiro atoms. The van der Waals surface area contributed by atoms with Gasteiger partial charge >= 0.3 is 0 Å². The van der Waals surface area contributed by atoms with Crippen LogP contribution in [0.3, 0.4) is 0 Å². The molecular formula is C23H18N4O5. The van der Waals surface area contributed by atoms with Crippen molar-refractivity contribution in [3.8, 4) is 0 Å². The maximum Gasteiger partial charge on any atom is 0.269 e. The largest absolute Gasteiger partial charge is 0.391 e. The summed E-state index contributed by atoms with van der Waals surface area (Å²) >= 11 is 0. The molecule has 0 aliphatic rings. The molecule has 0 N–H and O–H groups in total. The first-order valence-electron chi connectivity index (χ1n) is 9.71. The van der Waals surface area contributed by atoms with E-state index in [1.165, 1.54) is 18.2 Å². The number of para-hydroxylation sites is 1. The van der Waals surface area contributed by atoms with E-state index in [9.17, 15) is 20.2 Å². The number of rotatable bonds is 8. The van der Waals surface area contributed by atoms with E-state index in [4.69, 9.17) is 4.84 Å². The van der Waals surface area contributed by atoms with Gasteiger partial charge in [0.15, 0.2) is 0 Å². The number of benzene rings is 3. The number of fused-ring (bicyclic) bond motifs is 1. The predicted molar refractivity (Wildman–Crippen MR) is 120 cm³/mol. The van der Waals surface area contributed by atoms with E-state index in [-0.39, 0.29) is 18.0 Å². The summed E-state index contributed by atoms with van der Waals surface area (Å²) in [6.45, 7) is 0.565. The van der Waals surface area contributed by atoms with E-state index < -0.39 is 9.85 Å². The summed E-state index contributed by atoms with van der Waals surface area (Å²) in [6, 6.07) is 20.5. The van der Waals surface area contributed by atoms with E-state index in [1.54, 1.807) is 30.5 Å². The fourth-order valence-corrected chi connectivity index (χ4v) is 3.44. The van der Waals surface area contributed by atoms with Crippen LogP contribution in [-0.2, 0) is 18.0 Å². The predicted octanol–water partition coefficient (Wildman–Crippen LogP) is 5.06. The Morgan fingerprint density at radius 2 is 1.53 bits per heavy atom. The Bertz CT molecular complexity index is 1330. The molecule has 4 aromatic rings. The van der Waals surface area contributed by atoms with Crippen molar-refractivity contribution in [2.75, 3.05) is 0 Å². The lowest BCUT2D eigenvalue weighted by Gasteiger charge is -2.05. The zero-order valence-corrected chi connectivity index (χ0v) is 16.8. The number of aromatic nitrogens is 1. The molecule has 3 aromatic carbocycles. The van der Waals surface area contributed by atoms with Crippen molar-refractivity contribution in [3.05, 3.63) is 116 Å². The molecular weight excluding hydrogens is 412 g/mol. The number of oxime groups is 1. The highest BCUT2D eigenvalue weighted by molar-refractivity contribution is 5.99. The van der Waals surface area contributed by atoms with Crippen LogP contribution in [-0.4, -0.2) is 20.6 Å². The summed E-state index contributed by atoms with van der Waals surface area (Å²) in [7, 11) is 0. The minimum Gasteiger partial charge on any atom is -0.391 e. The van der Waals surface area contributed by atoms with Gasteiger partial charge in [-0.15, -0.1) is 0 Å². The van der Waals surface area contributed by atoms with Crippen molar-refractivity contribution in [2.45, 2.75) is 13.2 Å². The van der Waals surface area contributed by atoms with Crippen LogP contribution >= 0.6 is 0 Å². The summed E-state index contributed by atoms with van der Waals surface area (Å²) in [4.78, 5) is 26.4. The van der Waals surface area contributed by atoms with Crippen molar-refractivity contribution in [3.63, 3.8) is 0 Å². The SMILES string of the molecule is O=[N+]([O-])c1cccc(CO/N=C\c2cn(Cc3cccc([N+](=O)[O-])c3)c3ccccc23)c1. The van der Waals surface area contributed by atoms with E-state index >= 15 is 0 Å². The van der Waals surface area contributed by atoms with Gasteiger partial charge in [-0.1, -0.05) is 47.6 Å². The minimum atomic E-state index is -0.455. The number of nitrogens with zero attached hydrogens (tertiary/aromatic N) is 4. The van der Waals surface area contributed by atoms with E-state index in [0.29, 0.717) is 12.1 Å². The van der Waals surface area contributed by atoms with Gasteiger partial charge < -0.3 is 9.40 Å². The summed E-state index contributed by atoms with van der Waals surface area (Å²) in [5, 5.41) is 26.9. The molecule has 32 heavy (non-hydrogen) atoms. The van der Waals surface area contributed by atoms with Crippen LogP contribution in [0.1, 0.15) is 16.7 Å². The van der Waals surface area contributed by atoms with Gasteiger partial charge in [0.05, 0.1) is 16.1 Å². The Morgan fingerprint density at radius 1 is 0.875 bits per heavy atom. The third kappa shape index (κ3) is 4.62. The molecule has 0 radical (unpaired) electrons. The second-order valence-electron chi connectivity index (χ2n) is 7.09. The van der Waals surface area contributed by atoms with Crippen LogP contribution in [0.15, 0.2) is 84.1 Å². The maximum absolute atomic E-state index is 11.1. The molecule has 4 rings (SSSR count). The van der Waals surface area contributed by atoms with Crippen LogP contribution in [0.25, 0.3) is 10.9 Å². The quantitative estimate of drug-likeness (QED) is 0.220. The molecule has 1 aromatic heterocycles. The molecule has 9 heteroatoms. The molecule has 9 nitrogen and oxygen atoms in total. The average Bonchev–Trinajstić information content (AvgIpc) is 3.14. The number of nitro benzene ring substituents is 2. The molecule has 0 unspecified atom stereocenters. The number of hydrogen-bond acceptors (Lipinski definition) is 6. The highest BCUT2D eigenvalue weighted by Gasteiger charge is 2.10.